The first-order valence-corrected chi connectivity index (χ1v) is 8.53. The van der Waals surface area contributed by atoms with Crippen molar-refractivity contribution in [2.24, 2.45) is 11.1 Å². The van der Waals surface area contributed by atoms with Gasteiger partial charge in [-0.1, -0.05) is 23.4 Å². The first-order chi connectivity index (χ1) is 9.62. The van der Waals surface area contributed by atoms with Gasteiger partial charge in [0, 0.05) is 12.1 Å². The Labute approximate surface area is 119 Å². The number of hydrogen-bond acceptors (Lipinski definition) is 4. The molecule has 1 heterocycles. The summed E-state index contributed by atoms with van der Waals surface area (Å²) in [6, 6.07) is 7.26. The largest absolute Gasteiger partial charge is 0.411 e. The van der Waals surface area contributed by atoms with Gasteiger partial charge in [0.2, 0.25) is 10.0 Å². The predicted octanol–water partition coefficient (Wildman–Crippen LogP) is 2.20. The summed E-state index contributed by atoms with van der Waals surface area (Å²) in [5.74, 6) is 0.550. The molecule has 0 amide bonds. The minimum Gasteiger partial charge on any atom is -0.411 e. The maximum absolute atomic E-state index is 12.6. The molecule has 108 valence electrons. The Hall–Kier alpha value is -1.56. The van der Waals surface area contributed by atoms with Crippen molar-refractivity contribution in [1.29, 1.82) is 0 Å². The average Bonchev–Trinajstić information content (AvgIpc) is 3.23. The number of hydrogen-bond donors (Lipinski definition) is 1. The van der Waals surface area contributed by atoms with Gasteiger partial charge in [0.05, 0.1) is 17.2 Å². The second kappa shape index (κ2) is 5.09. The molecule has 0 unspecified atom stereocenters. The van der Waals surface area contributed by atoms with E-state index in [1.165, 1.54) is 4.31 Å². The lowest BCUT2D eigenvalue weighted by molar-refractivity contribution is 0.318. The summed E-state index contributed by atoms with van der Waals surface area (Å²) in [7, 11) is -3.29. The van der Waals surface area contributed by atoms with E-state index >= 15 is 0 Å². The molecule has 2 aliphatic rings. The van der Waals surface area contributed by atoms with E-state index in [9.17, 15) is 8.42 Å². The highest BCUT2D eigenvalue weighted by atomic mass is 32.2. The number of para-hydroxylation sites is 1. The lowest BCUT2D eigenvalue weighted by Gasteiger charge is -2.24. The van der Waals surface area contributed by atoms with Crippen LogP contribution in [0.5, 0.6) is 0 Å². The van der Waals surface area contributed by atoms with E-state index in [1.54, 1.807) is 6.07 Å². The van der Waals surface area contributed by atoms with E-state index in [4.69, 9.17) is 5.21 Å². The molecule has 6 heteroatoms. The number of fused-ring (bicyclic) bond motifs is 1. The van der Waals surface area contributed by atoms with Crippen LogP contribution < -0.4 is 4.31 Å². The van der Waals surface area contributed by atoms with E-state index in [2.05, 4.69) is 5.16 Å². The highest BCUT2D eigenvalue weighted by Crippen LogP contribution is 2.34. The Balaban J connectivity index is 2.03. The SMILES string of the molecule is O=S(=O)(CC1CC1)N1CCC/C(=N/O)c2ccccc21. The van der Waals surface area contributed by atoms with Crippen LogP contribution in [0.1, 0.15) is 31.2 Å². The second-order valence-electron chi connectivity index (χ2n) is 5.46. The van der Waals surface area contributed by atoms with Gasteiger partial charge in [-0.05, 0) is 37.7 Å². The Morgan fingerprint density at radius 2 is 2.05 bits per heavy atom. The maximum Gasteiger partial charge on any atom is 0.235 e. The molecule has 1 aliphatic carbocycles. The van der Waals surface area contributed by atoms with Gasteiger partial charge in [-0.2, -0.15) is 0 Å². The topological polar surface area (TPSA) is 70.0 Å². The molecular formula is C14H18N2O3S. The maximum atomic E-state index is 12.6. The van der Waals surface area contributed by atoms with Crippen LogP contribution in [0, 0.1) is 5.92 Å². The number of benzene rings is 1. The molecule has 0 bridgehead atoms. The molecule has 1 fully saturated rings. The molecule has 0 spiro atoms. The number of sulfonamides is 1. The average molecular weight is 294 g/mol. The number of oxime groups is 1. The number of rotatable bonds is 3. The van der Waals surface area contributed by atoms with Crippen LogP contribution in [0.4, 0.5) is 5.69 Å². The number of anilines is 1. The summed E-state index contributed by atoms with van der Waals surface area (Å²) in [4.78, 5) is 0. The van der Waals surface area contributed by atoms with Gasteiger partial charge in [-0.3, -0.25) is 4.31 Å². The Kier molecular flexibility index (Phi) is 3.41. The minimum absolute atomic E-state index is 0.229. The van der Waals surface area contributed by atoms with Crippen molar-refractivity contribution >= 4 is 21.4 Å². The molecule has 3 rings (SSSR count). The highest BCUT2D eigenvalue weighted by Gasteiger charge is 2.34. The molecule has 1 N–H and O–H groups in total. The predicted molar refractivity (Wildman–Crippen MR) is 77.9 cm³/mol. The summed E-state index contributed by atoms with van der Waals surface area (Å²) in [5.41, 5.74) is 1.91. The van der Waals surface area contributed by atoms with Gasteiger partial charge < -0.3 is 5.21 Å². The van der Waals surface area contributed by atoms with Crippen molar-refractivity contribution < 1.29 is 13.6 Å². The van der Waals surface area contributed by atoms with E-state index in [0.717, 1.165) is 12.8 Å². The smallest absolute Gasteiger partial charge is 0.235 e. The van der Waals surface area contributed by atoms with Gasteiger partial charge in [-0.25, -0.2) is 8.42 Å². The van der Waals surface area contributed by atoms with E-state index in [1.807, 2.05) is 18.2 Å². The summed E-state index contributed by atoms with van der Waals surface area (Å²) < 4.78 is 26.6. The lowest BCUT2D eigenvalue weighted by atomic mass is 10.1. The zero-order valence-electron chi connectivity index (χ0n) is 11.2. The Bertz CT molecular complexity index is 636. The van der Waals surface area contributed by atoms with Crippen molar-refractivity contribution in [2.75, 3.05) is 16.6 Å². The molecule has 1 aliphatic heterocycles. The molecule has 0 atom stereocenters. The quantitative estimate of drug-likeness (QED) is 0.686. The fourth-order valence-corrected chi connectivity index (χ4v) is 4.62. The van der Waals surface area contributed by atoms with Crippen LogP contribution in [0.2, 0.25) is 0 Å². The molecule has 1 saturated carbocycles. The standard InChI is InChI=1S/C14H18N2O3S/c17-15-13-5-3-9-16(14-6-2-1-4-12(13)14)20(18,19)10-11-7-8-11/h1-2,4,6,11,17H,3,5,7-10H2/b15-13-. The van der Waals surface area contributed by atoms with Crippen molar-refractivity contribution in [3.63, 3.8) is 0 Å². The molecule has 1 aromatic rings. The van der Waals surface area contributed by atoms with E-state index in [0.29, 0.717) is 42.3 Å². The molecule has 20 heavy (non-hydrogen) atoms. The van der Waals surface area contributed by atoms with Crippen LogP contribution in [0.25, 0.3) is 0 Å². The third-order valence-electron chi connectivity index (χ3n) is 3.86. The van der Waals surface area contributed by atoms with E-state index in [-0.39, 0.29) is 5.75 Å². The minimum atomic E-state index is -3.29. The Morgan fingerprint density at radius 3 is 2.75 bits per heavy atom. The highest BCUT2D eigenvalue weighted by molar-refractivity contribution is 7.92. The second-order valence-corrected chi connectivity index (χ2v) is 7.40. The lowest BCUT2D eigenvalue weighted by Crippen LogP contribution is -2.34. The third kappa shape index (κ3) is 2.52. The van der Waals surface area contributed by atoms with Crippen LogP contribution >= 0.6 is 0 Å². The van der Waals surface area contributed by atoms with Gasteiger partial charge in [0.15, 0.2) is 0 Å². The molecule has 5 nitrogen and oxygen atoms in total. The molecule has 0 radical (unpaired) electrons. The molecule has 0 saturated heterocycles. The van der Waals surface area contributed by atoms with E-state index < -0.39 is 10.0 Å². The van der Waals surface area contributed by atoms with Gasteiger partial charge >= 0.3 is 0 Å². The molecule has 0 aromatic heterocycles. The van der Waals surface area contributed by atoms with Crippen molar-refractivity contribution in [1.82, 2.24) is 0 Å². The Morgan fingerprint density at radius 1 is 1.30 bits per heavy atom. The zero-order valence-corrected chi connectivity index (χ0v) is 12.0. The number of nitrogens with zero attached hydrogens (tertiary/aromatic N) is 2. The zero-order chi connectivity index (χ0) is 14.2. The van der Waals surface area contributed by atoms with Crippen molar-refractivity contribution in [3.05, 3.63) is 29.8 Å². The third-order valence-corrected chi connectivity index (χ3v) is 5.80. The first kappa shape index (κ1) is 13.4. The fourth-order valence-electron chi connectivity index (χ4n) is 2.65. The fraction of sp³-hybridized carbons (Fsp3) is 0.500. The monoisotopic (exact) mass is 294 g/mol. The van der Waals surface area contributed by atoms with Gasteiger partial charge in [0.1, 0.15) is 0 Å². The van der Waals surface area contributed by atoms with Crippen LogP contribution in [-0.2, 0) is 10.0 Å². The van der Waals surface area contributed by atoms with Crippen molar-refractivity contribution in [2.45, 2.75) is 25.7 Å². The van der Waals surface area contributed by atoms with Crippen LogP contribution in [-0.4, -0.2) is 31.6 Å². The van der Waals surface area contributed by atoms with Gasteiger partial charge in [0.25, 0.3) is 0 Å². The summed E-state index contributed by atoms with van der Waals surface area (Å²) in [5, 5.41) is 12.5. The van der Waals surface area contributed by atoms with Crippen LogP contribution in [0.15, 0.2) is 29.4 Å². The summed E-state index contributed by atoms with van der Waals surface area (Å²) in [6.07, 6.45) is 3.27. The first-order valence-electron chi connectivity index (χ1n) is 6.92. The van der Waals surface area contributed by atoms with Crippen molar-refractivity contribution in [3.8, 4) is 0 Å². The summed E-state index contributed by atoms with van der Waals surface area (Å²) >= 11 is 0. The summed E-state index contributed by atoms with van der Waals surface area (Å²) in [6.45, 7) is 0.449. The van der Waals surface area contributed by atoms with Gasteiger partial charge in [-0.15, -0.1) is 0 Å². The normalized spacial score (nSPS) is 21.6. The molecule has 1 aromatic carbocycles. The van der Waals surface area contributed by atoms with Crippen LogP contribution in [0.3, 0.4) is 0 Å². The molecular weight excluding hydrogens is 276 g/mol.